The van der Waals surface area contributed by atoms with Crippen molar-refractivity contribution in [1.29, 1.82) is 0 Å². The molecular formula is C15H18N4O2. The van der Waals surface area contributed by atoms with Crippen LogP contribution in [0, 0.1) is 0 Å². The van der Waals surface area contributed by atoms with E-state index in [1.54, 1.807) is 10.9 Å². The summed E-state index contributed by atoms with van der Waals surface area (Å²) >= 11 is 0. The Bertz CT molecular complexity index is 612. The highest BCUT2D eigenvalue weighted by Crippen LogP contribution is 2.23. The van der Waals surface area contributed by atoms with E-state index >= 15 is 0 Å². The lowest BCUT2D eigenvalue weighted by Crippen LogP contribution is -2.30. The zero-order valence-corrected chi connectivity index (χ0v) is 11.6. The molecule has 1 aliphatic heterocycles. The maximum absolute atomic E-state index is 12.3. The van der Waals surface area contributed by atoms with Crippen LogP contribution in [0.25, 0.3) is 5.69 Å². The van der Waals surface area contributed by atoms with Crippen LogP contribution in [0.5, 0.6) is 0 Å². The molecule has 0 radical (unpaired) electrons. The van der Waals surface area contributed by atoms with E-state index < -0.39 is 6.10 Å². The summed E-state index contributed by atoms with van der Waals surface area (Å²) in [7, 11) is 0. The predicted octanol–water partition coefficient (Wildman–Crippen LogP) is 1.32. The van der Waals surface area contributed by atoms with Crippen LogP contribution in [0.15, 0.2) is 42.7 Å². The number of nitrogens with two attached hydrogens (primary N) is 1. The lowest BCUT2D eigenvalue weighted by atomic mass is 10.2. The van der Waals surface area contributed by atoms with Crippen molar-refractivity contribution in [3.05, 3.63) is 42.7 Å². The molecule has 0 saturated carbocycles. The third kappa shape index (κ3) is 2.96. The molecule has 6 nitrogen and oxygen atoms in total. The molecule has 1 aromatic heterocycles. The first-order chi connectivity index (χ1) is 10.3. The Morgan fingerprint density at radius 3 is 2.95 bits per heavy atom. The summed E-state index contributed by atoms with van der Waals surface area (Å²) in [6.07, 6.45) is 4.63. The number of anilines is 1. The Labute approximate surface area is 122 Å². The molecule has 2 heterocycles. The molecule has 2 atom stereocenters. The number of ether oxygens (including phenoxy) is 1. The monoisotopic (exact) mass is 286 g/mol. The van der Waals surface area contributed by atoms with Gasteiger partial charge in [-0.15, -0.1) is 0 Å². The summed E-state index contributed by atoms with van der Waals surface area (Å²) in [5.41, 5.74) is 7.11. The number of rotatable bonds is 4. The number of nitrogens with one attached hydrogen (secondary N) is 1. The van der Waals surface area contributed by atoms with Gasteiger partial charge in [-0.05, 0) is 31.0 Å². The Morgan fingerprint density at radius 1 is 1.38 bits per heavy atom. The number of hydrogen-bond donors (Lipinski definition) is 2. The lowest BCUT2D eigenvalue weighted by Gasteiger charge is -2.15. The van der Waals surface area contributed by atoms with Gasteiger partial charge in [-0.3, -0.25) is 4.79 Å². The number of amides is 1. The fourth-order valence-corrected chi connectivity index (χ4v) is 2.48. The molecular weight excluding hydrogens is 268 g/mol. The number of nitrogens with zero attached hydrogens (tertiary/aromatic N) is 2. The molecule has 3 N–H and O–H groups in total. The van der Waals surface area contributed by atoms with Crippen molar-refractivity contribution in [2.75, 3.05) is 11.9 Å². The van der Waals surface area contributed by atoms with Crippen molar-refractivity contribution < 1.29 is 9.53 Å². The van der Waals surface area contributed by atoms with Gasteiger partial charge in [0.05, 0.1) is 17.5 Å². The van der Waals surface area contributed by atoms with Crippen molar-refractivity contribution in [2.45, 2.75) is 25.0 Å². The minimum Gasteiger partial charge on any atom is -0.364 e. The van der Waals surface area contributed by atoms with Crippen molar-refractivity contribution in [2.24, 2.45) is 5.73 Å². The fourth-order valence-electron chi connectivity index (χ4n) is 2.48. The summed E-state index contributed by atoms with van der Waals surface area (Å²) in [4.78, 5) is 12.3. The van der Waals surface area contributed by atoms with Crippen LogP contribution >= 0.6 is 0 Å². The van der Waals surface area contributed by atoms with Crippen LogP contribution in [0.3, 0.4) is 0 Å². The van der Waals surface area contributed by atoms with Crippen molar-refractivity contribution in [3.8, 4) is 5.69 Å². The van der Waals surface area contributed by atoms with Crippen LogP contribution in [0.1, 0.15) is 12.8 Å². The second kappa shape index (κ2) is 6.07. The van der Waals surface area contributed by atoms with Gasteiger partial charge in [0, 0.05) is 18.9 Å². The third-order valence-corrected chi connectivity index (χ3v) is 3.58. The number of carbonyl (C=O) groups excluding carboxylic acids is 1. The van der Waals surface area contributed by atoms with E-state index in [2.05, 4.69) is 10.4 Å². The smallest absolute Gasteiger partial charge is 0.253 e. The van der Waals surface area contributed by atoms with Crippen molar-refractivity contribution >= 4 is 11.6 Å². The maximum atomic E-state index is 12.3. The van der Waals surface area contributed by atoms with E-state index in [9.17, 15) is 4.79 Å². The van der Waals surface area contributed by atoms with Crippen LogP contribution in [0.2, 0.25) is 0 Å². The molecule has 0 aliphatic carbocycles. The minimum absolute atomic E-state index is 0.0119. The Morgan fingerprint density at radius 2 is 2.24 bits per heavy atom. The molecule has 0 unspecified atom stereocenters. The number of para-hydroxylation sites is 2. The quantitative estimate of drug-likeness (QED) is 0.888. The first-order valence-electron chi connectivity index (χ1n) is 7.03. The summed E-state index contributed by atoms with van der Waals surface area (Å²) in [6, 6.07) is 9.37. The SMILES string of the molecule is NC[C@H]1CC[C@@H](C(=O)Nc2ccccc2-n2cccn2)O1. The molecule has 6 heteroatoms. The standard InChI is InChI=1S/C15H18N4O2/c16-10-11-6-7-14(21-11)15(20)18-12-4-1-2-5-13(12)19-9-3-8-17-19/h1-5,8-9,11,14H,6-7,10,16H2,(H,18,20)/t11-,14+/m1/s1. The first-order valence-corrected chi connectivity index (χ1v) is 7.03. The second-order valence-electron chi connectivity index (χ2n) is 5.02. The first kappa shape index (κ1) is 13.8. The highest BCUT2D eigenvalue weighted by atomic mass is 16.5. The van der Waals surface area contributed by atoms with Crippen LogP contribution in [0.4, 0.5) is 5.69 Å². The topological polar surface area (TPSA) is 82.2 Å². The maximum Gasteiger partial charge on any atom is 0.253 e. The molecule has 2 aromatic rings. The molecule has 3 rings (SSSR count). The zero-order chi connectivity index (χ0) is 14.7. The molecule has 1 fully saturated rings. The normalized spacial score (nSPS) is 21.4. The van der Waals surface area contributed by atoms with Crippen LogP contribution in [-0.4, -0.2) is 34.4 Å². The highest BCUT2D eigenvalue weighted by Gasteiger charge is 2.30. The van der Waals surface area contributed by atoms with Gasteiger partial charge in [-0.1, -0.05) is 12.1 Å². The molecule has 0 spiro atoms. The van der Waals surface area contributed by atoms with Gasteiger partial charge in [-0.25, -0.2) is 4.68 Å². The van der Waals surface area contributed by atoms with E-state index in [4.69, 9.17) is 10.5 Å². The summed E-state index contributed by atoms with van der Waals surface area (Å²) in [6.45, 7) is 0.452. The van der Waals surface area contributed by atoms with Crippen LogP contribution in [-0.2, 0) is 9.53 Å². The molecule has 1 aromatic carbocycles. The van der Waals surface area contributed by atoms with Gasteiger partial charge in [-0.2, -0.15) is 5.10 Å². The van der Waals surface area contributed by atoms with E-state index in [1.165, 1.54) is 0 Å². The largest absolute Gasteiger partial charge is 0.364 e. The molecule has 1 amide bonds. The number of carbonyl (C=O) groups is 1. The van der Waals surface area contributed by atoms with Gasteiger partial charge >= 0.3 is 0 Å². The van der Waals surface area contributed by atoms with Gasteiger partial charge in [0.2, 0.25) is 0 Å². The molecule has 1 aliphatic rings. The van der Waals surface area contributed by atoms with E-state index in [0.29, 0.717) is 18.7 Å². The van der Waals surface area contributed by atoms with E-state index in [-0.39, 0.29) is 12.0 Å². The number of benzene rings is 1. The average Bonchev–Trinajstić information content (AvgIpc) is 3.19. The van der Waals surface area contributed by atoms with E-state index in [1.807, 2.05) is 36.5 Å². The zero-order valence-electron chi connectivity index (χ0n) is 11.6. The van der Waals surface area contributed by atoms with Gasteiger partial charge in [0.15, 0.2) is 0 Å². The summed E-state index contributed by atoms with van der Waals surface area (Å²) in [5, 5.41) is 7.11. The van der Waals surface area contributed by atoms with Gasteiger partial charge < -0.3 is 15.8 Å². The van der Waals surface area contributed by atoms with Crippen LogP contribution < -0.4 is 11.1 Å². The predicted molar refractivity (Wildman–Crippen MR) is 79.1 cm³/mol. The average molecular weight is 286 g/mol. The highest BCUT2D eigenvalue weighted by molar-refractivity contribution is 5.96. The second-order valence-corrected chi connectivity index (χ2v) is 5.02. The Balaban J connectivity index is 1.75. The molecule has 0 bridgehead atoms. The summed E-state index contributed by atoms with van der Waals surface area (Å²) in [5.74, 6) is -0.134. The van der Waals surface area contributed by atoms with Gasteiger partial charge in [0.25, 0.3) is 5.91 Å². The van der Waals surface area contributed by atoms with Crippen molar-refractivity contribution in [1.82, 2.24) is 9.78 Å². The Kier molecular flexibility index (Phi) is 3.98. The number of hydrogen-bond acceptors (Lipinski definition) is 4. The third-order valence-electron chi connectivity index (χ3n) is 3.58. The fraction of sp³-hybridized carbons (Fsp3) is 0.333. The van der Waals surface area contributed by atoms with Crippen molar-refractivity contribution in [3.63, 3.8) is 0 Å². The number of aromatic nitrogens is 2. The van der Waals surface area contributed by atoms with Gasteiger partial charge in [0.1, 0.15) is 6.10 Å². The molecule has 110 valence electrons. The Hall–Kier alpha value is -2.18. The molecule has 21 heavy (non-hydrogen) atoms. The minimum atomic E-state index is -0.427. The molecule has 1 saturated heterocycles. The lowest BCUT2D eigenvalue weighted by molar-refractivity contribution is -0.126. The van der Waals surface area contributed by atoms with E-state index in [0.717, 1.165) is 12.1 Å². The summed E-state index contributed by atoms with van der Waals surface area (Å²) < 4.78 is 7.33.